The number of hydrogen-bond donors (Lipinski definition) is 0. The molecule has 4 nitrogen and oxygen atoms in total. The molecule has 0 aliphatic carbocycles. The van der Waals surface area contributed by atoms with Crippen molar-refractivity contribution in [2.24, 2.45) is 0 Å². The van der Waals surface area contributed by atoms with Gasteiger partial charge in [-0.1, -0.05) is 27.5 Å². The molecule has 0 spiro atoms. The monoisotopic (exact) mass is 372 g/mol. The number of aromatic nitrogens is 2. The van der Waals surface area contributed by atoms with Gasteiger partial charge in [0, 0.05) is 17.6 Å². The van der Waals surface area contributed by atoms with Crippen molar-refractivity contribution in [3.8, 4) is 11.5 Å². The molecule has 0 fully saturated rings. The van der Waals surface area contributed by atoms with Gasteiger partial charge >= 0.3 is 0 Å². The Morgan fingerprint density at radius 1 is 1.38 bits per heavy atom. The molecule has 6 heteroatoms. The highest BCUT2D eigenvalue weighted by Crippen LogP contribution is 2.37. The summed E-state index contributed by atoms with van der Waals surface area (Å²) in [7, 11) is 1.60. The Morgan fingerprint density at radius 3 is 2.71 bits per heavy atom. The van der Waals surface area contributed by atoms with Crippen LogP contribution < -0.4 is 9.47 Å². The molecule has 0 saturated heterocycles. The summed E-state index contributed by atoms with van der Waals surface area (Å²) < 4.78 is 13.0. The van der Waals surface area contributed by atoms with E-state index in [4.69, 9.17) is 21.1 Å². The molecule has 0 aliphatic heterocycles. The maximum absolute atomic E-state index is 6.26. The van der Waals surface area contributed by atoms with E-state index in [0.29, 0.717) is 34.5 Å². The molecule has 2 rings (SSSR count). The summed E-state index contributed by atoms with van der Waals surface area (Å²) in [4.78, 5) is 0. The minimum atomic E-state index is 0.329. The van der Waals surface area contributed by atoms with Crippen molar-refractivity contribution in [1.29, 1.82) is 0 Å². The van der Waals surface area contributed by atoms with E-state index in [2.05, 4.69) is 34.9 Å². The minimum Gasteiger partial charge on any atom is -0.493 e. The van der Waals surface area contributed by atoms with E-state index in [1.165, 1.54) is 0 Å². The van der Waals surface area contributed by atoms with Crippen LogP contribution in [0, 0.1) is 0 Å². The largest absolute Gasteiger partial charge is 0.493 e. The van der Waals surface area contributed by atoms with Crippen molar-refractivity contribution >= 4 is 27.5 Å². The molecule has 0 amide bonds. The molecule has 0 radical (unpaired) electrons. The summed E-state index contributed by atoms with van der Waals surface area (Å²) in [6.45, 7) is 4.51. The number of hydrogen-bond acceptors (Lipinski definition) is 3. The Hall–Kier alpha value is -1.20. The first-order valence-corrected chi connectivity index (χ1v) is 8.14. The van der Waals surface area contributed by atoms with E-state index in [0.717, 1.165) is 11.3 Å². The summed E-state index contributed by atoms with van der Waals surface area (Å²) >= 11 is 9.67. The van der Waals surface area contributed by atoms with Crippen LogP contribution in [-0.2, 0) is 11.9 Å². The predicted octanol–water partition coefficient (Wildman–Crippen LogP) is 4.60. The summed E-state index contributed by atoms with van der Waals surface area (Å²) in [5, 5.41) is 5.69. The third-order valence-corrected chi connectivity index (χ3v) is 3.93. The lowest BCUT2D eigenvalue weighted by Gasteiger charge is -2.13. The number of nitrogens with zero attached hydrogens (tertiary/aromatic N) is 2. The van der Waals surface area contributed by atoms with Gasteiger partial charge in [0.05, 0.1) is 17.8 Å². The fraction of sp³-hybridized carbons (Fsp3) is 0.400. The third kappa shape index (κ3) is 3.92. The number of alkyl halides is 1. The summed E-state index contributed by atoms with van der Waals surface area (Å²) in [5.74, 6) is 1.17. The van der Waals surface area contributed by atoms with E-state index < -0.39 is 0 Å². The van der Waals surface area contributed by atoms with Gasteiger partial charge in [-0.2, -0.15) is 5.10 Å². The molecular formula is C15H18BrClN2O2. The number of rotatable bonds is 6. The second-order valence-corrected chi connectivity index (χ2v) is 5.88. The fourth-order valence-corrected chi connectivity index (χ4v) is 2.49. The molecule has 2 aromatic rings. The van der Waals surface area contributed by atoms with Gasteiger partial charge in [-0.15, -0.1) is 0 Å². The lowest BCUT2D eigenvalue weighted by atomic mass is 10.2. The molecule has 1 aromatic heterocycles. The molecule has 0 saturated carbocycles. The quantitative estimate of drug-likeness (QED) is 0.694. The highest BCUT2D eigenvalue weighted by molar-refractivity contribution is 9.08. The smallest absolute Gasteiger partial charge is 0.180 e. The SMILES string of the molecule is COc1cc(CBr)cc(Cl)c1OCc1ccn(C(C)C)n1. The second-order valence-electron chi connectivity index (χ2n) is 4.91. The molecule has 0 unspecified atom stereocenters. The van der Waals surface area contributed by atoms with Crippen LogP contribution in [0.1, 0.15) is 31.1 Å². The van der Waals surface area contributed by atoms with Crippen LogP contribution in [0.3, 0.4) is 0 Å². The highest BCUT2D eigenvalue weighted by atomic mass is 79.9. The van der Waals surface area contributed by atoms with Crippen LogP contribution >= 0.6 is 27.5 Å². The molecule has 0 bridgehead atoms. The van der Waals surface area contributed by atoms with E-state index in [1.54, 1.807) is 7.11 Å². The molecular weight excluding hydrogens is 356 g/mol. The Balaban J connectivity index is 2.15. The number of benzene rings is 1. The van der Waals surface area contributed by atoms with Gasteiger partial charge in [0.25, 0.3) is 0 Å². The van der Waals surface area contributed by atoms with E-state index in [9.17, 15) is 0 Å². The standard InChI is InChI=1S/C15H18BrClN2O2/c1-10(2)19-5-4-12(18-19)9-21-15-13(17)6-11(8-16)7-14(15)20-3/h4-7,10H,8-9H2,1-3H3. The topological polar surface area (TPSA) is 36.3 Å². The van der Waals surface area contributed by atoms with Gasteiger partial charge in [0.2, 0.25) is 0 Å². The van der Waals surface area contributed by atoms with Crippen LogP contribution in [0.15, 0.2) is 24.4 Å². The molecule has 0 N–H and O–H groups in total. The normalized spacial score (nSPS) is 11.0. The van der Waals surface area contributed by atoms with Crippen LogP contribution in [0.5, 0.6) is 11.5 Å². The molecule has 1 heterocycles. The van der Waals surface area contributed by atoms with E-state index in [1.807, 2.05) is 29.1 Å². The van der Waals surface area contributed by atoms with Crippen LogP contribution in [0.25, 0.3) is 0 Å². The Bertz CT molecular complexity index is 614. The second kappa shape index (κ2) is 7.18. The van der Waals surface area contributed by atoms with Gasteiger partial charge in [0.15, 0.2) is 11.5 Å². The lowest BCUT2D eigenvalue weighted by molar-refractivity contribution is 0.279. The molecule has 0 atom stereocenters. The Kier molecular flexibility index (Phi) is 5.53. The van der Waals surface area contributed by atoms with Crippen LogP contribution in [0.4, 0.5) is 0 Å². The highest BCUT2D eigenvalue weighted by Gasteiger charge is 2.13. The summed E-state index contributed by atoms with van der Waals surface area (Å²) in [5.41, 5.74) is 1.89. The van der Waals surface area contributed by atoms with E-state index in [-0.39, 0.29) is 0 Å². The van der Waals surface area contributed by atoms with Crippen LogP contribution in [0.2, 0.25) is 5.02 Å². The average Bonchev–Trinajstić information content (AvgIpc) is 2.94. The van der Waals surface area contributed by atoms with Gasteiger partial charge in [-0.25, -0.2) is 0 Å². The van der Waals surface area contributed by atoms with E-state index >= 15 is 0 Å². The van der Waals surface area contributed by atoms with Crippen molar-refractivity contribution < 1.29 is 9.47 Å². The van der Waals surface area contributed by atoms with Crippen molar-refractivity contribution in [2.75, 3.05) is 7.11 Å². The van der Waals surface area contributed by atoms with Gasteiger partial charge < -0.3 is 9.47 Å². The molecule has 0 aliphatic rings. The van der Waals surface area contributed by atoms with Crippen molar-refractivity contribution in [2.45, 2.75) is 31.8 Å². The molecule has 21 heavy (non-hydrogen) atoms. The minimum absolute atomic E-state index is 0.329. The Morgan fingerprint density at radius 2 is 2.14 bits per heavy atom. The first-order chi connectivity index (χ1) is 10.0. The van der Waals surface area contributed by atoms with Gasteiger partial charge in [-0.05, 0) is 37.6 Å². The summed E-state index contributed by atoms with van der Waals surface area (Å²) in [6, 6.07) is 6.03. The first-order valence-electron chi connectivity index (χ1n) is 6.64. The fourth-order valence-electron chi connectivity index (χ4n) is 1.88. The van der Waals surface area contributed by atoms with Crippen molar-refractivity contribution in [3.05, 3.63) is 40.7 Å². The first kappa shape index (κ1) is 16.2. The summed E-state index contributed by atoms with van der Waals surface area (Å²) in [6.07, 6.45) is 1.94. The number of methoxy groups -OCH3 is 1. The van der Waals surface area contributed by atoms with Crippen LogP contribution in [-0.4, -0.2) is 16.9 Å². The van der Waals surface area contributed by atoms with Crippen molar-refractivity contribution in [1.82, 2.24) is 9.78 Å². The number of ether oxygens (including phenoxy) is 2. The zero-order valence-electron chi connectivity index (χ0n) is 12.3. The van der Waals surface area contributed by atoms with Crippen molar-refractivity contribution in [3.63, 3.8) is 0 Å². The predicted molar refractivity (Wildman–Crippen MR) is 87.6 cm³/mol. The maximum Gasteiger partial charge on any atom is 0.180 e. The average molecular weight is 374 g/mol. The van der Waals surface area contributed by atoms with Gasteiger partial charge in [0.1, 0.15) is 6.61 Å². The Labute approximate surface area is 138 Å². The number of halogens is 2. The zero-order valence-corrected chi connectivity index (χ0v) is 14.6. The zero-order chi connectivity index (χ0) is 15.4. The third-order valence-electron chi connectivity index (χ3n) is 3.00. The molecule has 1 aromatic carbocycles. The maximum atomic E-state index is 6.26. The van der Waals surface area contributed by atoms with Gasteiger partial charge in [-0.3, -0.25) is 4.68 Å². The lowest BCUT2D eigenvalue weighted by Crippen LogP contribution is -2.04. The molecule has 114 valence electrons.